The van der Waals surface area contributed by atoms with Gasteiger partial charge >= 0.3 is 0 Å². The highest BCUT2D eigenvalue weighted by molar-refractivity contribution is 5.96. The molecule has 3 saturated heterocycles. The van der Waals surface area contributed by atoms with E-state index in [9.17, 15) is 4.79 Å². The lowest BCUT2D eigenvalue weighted by molar-refractivity contribution is 0.0771. The summed E-state index contributed by atoms with van der Waals surface area (Å²) in [7, 11) is 0. The number of nitriles is 1. The maximum Gasteiger partial charge on any atom is 0.257 e. The van der Waals surface area contributed by atoms with Crippen molar-refractivity contribution in [2.24, 2.45) is 17.8 Å². The minimum atomic E-state index is 0.0958. The van der Waals surface area contributed by atoms with E-state index in [0.717, 1.165) is 57.2 Å². The Hall–Kier alpha value is -2.82. The van der Waals surface area contributed by atoms with E-state index in [0.29, 0.717) is 35.8 Å². The van der Waals surface area contributed by atoms with Crippen LogP contribution in [0.15, 0.2) is 36.7 Å². The standard InChI is InChI=1S/C29H38N6O/c1-21-28(22(2)32-20-31-21)29(36)35-18-25-16-34(17-26(25)19-35)14-10-27(23-6-4-3-5-7-23)24-8-12-33(13-9-24)15-11-30/h3-7,20,24-27H,8-10,12-19H2,1-2H3. The Bertz CT molecular complexity index is 1060. The number of carbonyl (C=O) groups is 1. The first-order valence-electron chi connectivity index (χ1n) is 13.5. The van der Waals surface area contributed by atoms with E-state index in [-0.39, 0.29) is 5.91 Å². The molecule has 5 rings (SSSR count). The van der Waals surface area contributed by atoms with Gasteiger partial charge in [-0.1, -0.05) is 30.3 Å². The molecule has 3 aliphatic rings. The predicted octanol–water partition coefficient (Wildman–Crippen LogP) is 3.51. The highest BCUT2D eigenvalue weighted by atomic mass is 16.2. The third-order valence-electron chi connectivity index (χ3n) is 8.77. The largest absolute Gasteiger partial charge is 0.338 e. The lowest BCUT2D eigenvalue weighted by atomic mass is 9.78. The number of hydrogen-bond donors (Lipinski definition) is 0. The zero-order chi connectivity index (χ0) is 25.1. The van der Waals surface area contributed by atoms with Crippen molar-refractivity contribution in [3.8, 4) is 6.07 Å². The SMILES string of the molecule is Cc1ncnc(C)c1C(=O)N1CC2CN(CCC(c3ccccc3)C3CCN(CC#N)CC3)CC2C1. The van der Waals surface area contributed by atoms with E-state index in [4.69, 9.17) is 5.26 Å². The fourth-order valence-corrected chi connectivity index (χ4v) is 6.81. The molecule has 190 valence electrons. The summed E-state index contributed by atoms with van der Waals surface area (Å²) in [4.78, 5) is 28.7. The number of piperidine rings is 1. The number of benzene rings is 1. The summed E-state index contributed by atoms with van der Waals surface area (Å²) >= 11 is 0. The number of nitrogens with zero attached hydrogens (tertiary/aromatic N) is 6. The molecule has 0 N–H and O–H groups in total. The molecule has 1 amide bonds. The third kappa shape index (κ3) is 5.30. The summed E-state index contributed by atoms with van der Waals surface area (Å²) in [6.45, 7) is 11.4. The smallest absolute Gasteiger partial charge is 0.257 e. The molecule has 7 nitrogen and oxygen atoms in total. The van der Waals surface area contributed by atoms with Crippen LogP contribution in [-0.4, -0.2) is 82.9 Å². The molecule has 2 aromatic rings. The molecule has 1 aromatic carbocycles. The van der Waals surface area contributed by atoms with E-state index < -0.39 is 0 Å². The lowest BCUT2D eigenvalue weighted by Gasteiger charge is -2.36. The van der Waals surface area contributed by atoms with Crippen molar-refractivity contribution in [1.29, 1.82) is 5.26 Å². The molecular formula is C29H38N6O. The number of aryl methyl sites for hydroxylation is 2. The molecule has 4 heterocycles. The Morgan fingerprint density at radius 2 is 1.64 bits per heavy atom. The lowest BCUT2D eigenvalue weighted by Crippen LogP contribution is -2.37. The van der Waals surface area contributed by atoms with Gasteiger partial charge in [-0.15, -0.1) is 0 Å². The van der Waals surface area contributed by atoms with Crippen LogP contribution < -0.4 is 0 Å². The van der Waals surface area contributed by atoms with Gasteiger partial charge in [-0.25, -0.2) is 9.97 Å². The quantitative estimate of drug-likeness (QED) is 0.558. The molecule has 3 unspecified atom stereocenters. The first-order chi connectivity index (χ1) is 17.5. The maximum absolute atomic E-state index is 13.2. The van der Waals surface area contributed by atoms with Gasteiger partial charge in [-0.2, -0.15) is 5.26 Å². The molecular weight excluding hydrogens is 448 g/mol. The van der Waals surface area contributed by atoms with Gasteiger partial charge in [0.1, 0.15) is 6.33 Å². The van der Waals surface area contributed by atoms with Crippen LogP contribution in [0.3, 0.4) is 0 Å². The van der Waals surface area contributed by atoms with Crippen LogP contribution in [0.5, 0.6) is 0 Å². The van der Waals surface area contributed by atoms with Crippen LogP contribution in [-0.2, 0) is 0 Å². The number of fused-ring (bicyclic) bond motifs is 1. The number of rotatable bonds is 7. The third-order valence-corrected chi connectivity index (χ3v) is 8.77. The monoisotopic (exact) mass is 486 g/mol. The number of amides is 1. The van der Waals surface area contributed by atoms with Crippen molar-refractivity contribution in [1.82, 2.24) is 24.7 Å². The van der Waals surface area contributed by atoms with Crippen LogP contribution in [0, 0.1) is 42.9 Å². The second-order valence-corrected chi connectivity index (χ2v) is 11.0. The Labute approximate surface area is 215 Å². The van der Waals surface area contributed by atoms with Gasteiger partial charge in [-0.05, 0) is 82.0 Å². The number of likely N-dealkylation sites (tertiary alicyclic amines) is 3. The minimum Gasteiger partial charge on any atom is -0.338 e. The topological polar surface area (TPSA) is 76.4 Å². The summed E-state index contributed by atoms with van der Waals surface area (Å²) in [5, 5.41) is 9.05. The summed E-state index contributed by atoms with van der Waals surface area (Å²) in [6, 6.07) is 13.3. The first kappa shape index (κ1) is 24.9. The first-order valence-corrected chi connectivity index (χ1v) is 13.5. The van der Waals surface area contributed by atoms with Crippen LogP contribution in [0.2, 0.25) is 0 Å². The fraction of sp³-hybridized carbons (Fsp3) is 0.586. The van der Waals surface area contributed by atoms with E-state index in [2.05, 4.69) is 56.2 Å². The molecule has 0 radical (unpaired) electrons. The second kappa shape index (κ2) is 11.1. The summed E-state index contributed by atoms with van der Waals surface area (Å²) < 4.78 is 0. The van der Waals surface area contributed by atoms with Crippen molar-refractivity contribution in [3.05, 3.63) is 59.2 Å². The molecule has 3 atom stereocenters. The molecule has 0 aliphatic carbocycles. The van der Waals surface area contributed by atoms with Gasteiger partial charge in [0.25, 0.3) is 5.91 Å². The zero-order valence-corrected chi connectivity index (χ0v) is 21.6. The molecule has 36 heavy (non-hydrogen) atoms. The zero-order valence-electron chi connectivity index (χ0n) is 21.6. The summed E-state index contributed by atoms with van der Waals surface area (Å²) in [5.74, 6) is 2.46. The Balaban J connectivity index is 1.17. The van der Waals surface area contributed by atoms with Gasteiger partial charge in [0.2, 0.25) is 0 Å². The van der Waals surface area contributed by atoms with Gasteiger partial charge in [0, 0.05) is 26.2 Å². The van der Waals surface area contributed by atoms with Gasteiger partial charge in [-0.3, -0.25) is 9.69 Å². The molecule has 3 aliphatic heterocycles. The highest BCUT2D eigenvalue weighted by Gasteiger charge is 2.42. The van der Waals surface area contributed by atoms with Crippen molar-refractivity contribution in [3.63, 3.8) is 0 Å². The van der Waals surface area contributed by atoms with Crippen molar-refractivity contribution >= 4 is 5.91 Å². The molecule has 0 bridgehead atoms. The number of aromatic nitrogens is 2. The van der Waals surface area contributed by atoms with Crippen molar-refractivity contribution in [2.75, 3.05) is 52.4 Å². The molecule has 3 fully saturated rings. The van der Waals surface area contributed by atoms with Gasteiger partial charge in [0.05, 0.1) is 29.6 Å². The predicted molar refractivity (Wildman–Crippen MR) is 139 cm³/mol. The second-order valence-electron chi connectivity index (χ2n) is 11.0. The number of carbonyl (C=O) groups excluding carboxylic acids is 1. The maximum atomic E-state index is 13.2. The molecule has 7 heteroatoms. The molecule has 0 spiro atoms. The van der Waals surface area contributed by atoms with Crippen LogP contribution in [0.1, 0.15) is 52.5 Å². The Kier molecular flexibility index (Phi) is 7.64. The van der Waals surface area contributed by atoms with E-state index in [1.807, 2.05) is 18.7 Å². The fourth-order valence-electron chi connectivity index (χ4n) is 6.81. The summed E-state index contributed by atoms with van der Waals surface area (Å²) in [5.41, 5.74) is 3.69. The Morgan fingerprint density at radius 3 is 2.25 bits per heavy atom. The normalized spacial score (nSPS) is 24.0. The minimum absolute atomic E-state index is 0.0958. The van der Waals surface area contributed by atoms with Gasteiger partial charge in [0.15, 0.2) is 0 Å². The average Bonchev–Trinajstić information content (AvgIpc) is 3.45. The van der Waals surface area contributed by atoms with Crippen molar-refractivity contribution < 1.29 is 4.79 Å². The van der Waals surface area contributed by atoms with E-state index in [1.165, 1.54) is 31.2 Å². The van der Waals surface area contributed by atoms with Crippen molar-refractivity contribution in [2.45, 2.75) is 39.0 Å². The highest BCUT2D eigenvalue weighted by Crippen LogP contribution is 2.37. The van der Waals surface area contributed by atoms with E-state index >= 15 is 0 Å². The van der Waals surface area contributed by atoms with E-state index in [1.54, 1.807) is 0 Å². The molecule has 0 saturated carbocycles. The molecule has 1 aromatic heterocycles. The number of hydrogen-bond acceptors (Lipinski definition) is 6. The summed E-state index contributed by atoms with van der Waals surface area (Å²) in [6.07, 6.45) is 5.06. The average molecular weight is 487 g/mol. The van der Waals surface area contributed by atoms with Crippen LogP contribution in [0.4, 0.5) is 0 Å². The Morgan fingerprint density at radius 1 is 1.00 bits per heavy atom. The van der Waals surface area contributed by atoms with Crippen LogP contribution in [0.25, 0.3) is 0 Å². The van der Waals surface area contributed by atoms with Crippen LogP contribution >= 0.6 is 0 Å². The van der Waals surface area contributed by atoms with Gasteiger partial charge < -0.3 is 9.80 Å².